The van der Waals surface area contributed by atoms with E-state index in [0.717, 1.165) is 44.5 Å². The molecule has 2 nitrogen and oxygen atoms in total. The SMILES string of the molecule is C=Cc1ccc(CC2(c3c(F)c(F)c(F)c(F)c3F)c3ccccc3-c3ccc(N(c4ccccc4)c4ccc5c(c4)C(c4ccccc4)(c4ccccc4)c4cc(N(c6ccccc6)c6ccc7c(c6)C(Cc6ccc(C=C)cc6)(c6c(F)c(F)c(F)c(F)c6F)c6ccccc6-7)ccc4-5)cc32)cc1. The van der Waals surface area contributed by atoms with Gasteiger partial charge < -0.3 is 9.80 Å². The molecule has 0 fully saturated rings. The molecule has 0 aromatic heterocycles. The van der Waals surface area contributed by atoms with Gasteiger partial charge in [0.1, 0.15) is 0 Å². The summed E-state index contributed by atoms with van der Waals surface area (Å²) in [5.74, 6) is -20.6. The summed E-state index contributed by atoms with van der Waals surface area (Å²) in [5.41, 5.74) is 7.80. The molecule has 0 saturated carbocycles. The number of fused-ring (bicyclic) bond motifs is 9. The highest BCUT2D eigenvalue weighted by molar-refractivity contribution is 5.95. The average molecular weight is 1390 g/mol. The van der Waals surface area contributed by atoms with E-state index >= 15 is 43.9 Å². The summed E-state index contributed by atoms with van der Waals surface area (Å²) in [6.45, 7) is 7.78. The fraction of sp³-hybridized carbons (Fsp3) is 0.0538. The lowest BCUT2D eigenvalue weighted by atomic mass is 9.67. The van der Waals surface area contributed by atoms with Gasteiger partial charge in [-0.15, -0.1) is 0 Å². The van der Waals surface area contributed by atoms with Crippen LogP contribution in [0.2, 0.25) is 0 Å². The zero-order chi connectivity index (χ0) is 72.2. The van der Waals surface area contributed by atoms with Crippen LogP contribution in [0.25, 0.3) is 45.5 Å². The van der Waals surface area contributed by atoms with Gasteiger partial charge in [-0.2, -0.15) is 0 Å². The van der Waals surface area contributed by atoms with Crippen LogP contribution in [-0.2, 0) is 29.1 Å². The number of benzene rings is 14. The maximum Gasteiger partial charge on any atom is 0.200 e. The summed E-state index contributed by atoms with van der Waals surface area (Å²) in [7, 11) is 0. The molecule has 17 rings (SSSR count). The van der Waals surface area contributed by atoms with Crippen LogP contribution in [0.4, 0.5) is 78.0 Å². The maximum atomic E-state index is 17.3. The molecule has 3 aliphatic rings. The predicted molar refractivity (Wildman–Crippen MR) is 397 cm³/mol. The molecule has 0 heterocycles. The van der Waals surface area contributed by atoms with Crippen LogP contribution < -0.4 is 9.80 Å². The number of rotatable bonds is 16. The van der Waals surface area contributed by atoms with Gasteiger partial charge in [-0.25, -0.2) is 43.9 Å². The fourth-order valence-corrected chi connectivity index (χ4v) is 17.0. The third-order valence-corrected chi connectivity index (χ3v) is 21.5. The minimum atomic E-state index is -2.27. The zero-order valence-corrected chi connectivity index (χ0v) is 55.9. The van der Waals surface area contributed by atoms with Crippen LogP contribution in [-0.4, -0.2) is 0 Å². The lowest BCUT2D eigenvalue weighted by molar-refractivity contribution is 0.357. The standard InChI is InChI=1S/C93H58F10N2/c1-3-55-33-37-57(38-34-55)53-91(79-81(94)85(98)89(102)86(99)82(79)95)73-31-19-17-29-67(73)69-45-41-63(49-75(69)91)104(61-25-13-7-14-26-61)65-43-47-71-72-48-44-66(52-78(72)93(77(71)51-65,59-21-9-5-10-22-59)60-23-11-6-12-24-60)105(62-27-15-8-16-28-62)64-42-46-70-68-30-18-20-32-74(68)92(76(70)50-64,54-58-39-35-56(4-2)36-40-58)80-83(96)87(100)90(103)88(101)84(80)97/h3-52H,1-2,53-54H2. The molecule has 105 heavy (non-hydrogen) atoms. The minimum Gasteiger partial charge on any atom is -0.310 e. The van der Waals surface area contributed by atoms with Crippen LogP contribution in [0.3, 0.4) is 0 Å². The Labute approximate surface area is 599 Å². The lowest BCUT2D eigenvalue weighted by Crippen LogP contribution is -2.34. The number of para-hydroxylation sites is 2. The average Bonchev–Trinajstić information content (AvgIpc) is 1.56. The molecular formula is C93H58F10N2. The molecule has 0 amide bonds. The summed E-state index contributed by atoms with van der Waals surface area (Å²) in [6, 6.07) is 90.8. The Morgan fingerprint density at radius 1 is 0.248 bits per heavy atom. The summed E-state index contributed by atoms with van der Waals surface area (Å²) < 4.78 is 164. The van der Waals surface area contributed by atoms with E-state index in [1.54, 1.807) is 121 Å². The maximum absolute atomic E-state index is 17.3. The molecule has 0 saturated heterocycles. The van der Waals surface area contributed by atoms with E-state index in [1.807, 2.05) is 143 Å². The summed E-state index contributed by atoms with van der Waals surface area (Å²) in [4.78, 5) is 4.04. The van der Waals surface area contributed by atoms with E-state index < -0.39 is 85.5 Å². The molecule has 0 aliphatic heterocycles. The number of hydrogen-bond acceptors (Lipinski definition) is 2. The van der Waals surface area contributed by atoms with Gasteiger partial charge in [0.2, 0.25) is 11.6 Å². The van der Waals surface area contributed by atoms with Crippen molar-refractivity contribution in [2.45, 2.75) is 29.1 Å². The van der Waals surface area contributed by atoms with Gasteiger partial charge in [-0.05, 0) is 186 Å². The van der Waals surface area contributed by atoms with Gasteiger partial charge in [-0.1, -0.05) is 244 Å². The quantitative estimate of drug-likeness (QED) is 0.0540. The van der Waals surface area contributed by atoms with Crippen molar-refractivity contribution in [3.8, 4) is 33.4 Å². The van der Waals surface area contributed by atoms with Crippen molar-refractivity contribution < 1.29 is 43.9 Å². The number of anilines is 6. The Morgan fingerprint density at radius 2 is 0.514 bits per heavy atom. The van der Waals surface area contributed by atoms with Crippen LogP contribution in [0.1, 0.15) is 77.9 Å². The zero-order valence-electron chi connectivity index (χ0n) is 55.9. The third kappa shape index (κ3) is 9.93. The second-order valence-corrected chi connectivity index (χ2v) is 26.8. The molecule has 2 unspecified atom stereocenters. The summed E-state index contributed by atoms with van der Waals surface area (Å²) in [6.07, 6.45) is 2.85. The highest BCUT2D eigenvalue weighted by Crippen LogP contribution is 2.62. The summed E-state index contributed by atoms with van der Waals surface area (Å²) >= 11 is 0. The van der Waals surface area contributed by atoms with E-state index in [0.29, 0.717) is 89.8 Å². The fourth-order valence-electron chi connectivity index (χ4n) is 17.0. The minimum absolute atomic E-state index is 0.218. The van der Waals surface area contributed by atoms with Crippen LogP contribution in [0, 0.1) is 58.2 Å². The normalized spacial score (nSPS) is 15.4. The van der Waals surface area contributed by atoms with Crippen molar-refractivity contribution in [3.05, 3.63) is 440 Å². The van der Waals surface area contributed by atoms with Gasteiger partial charge in [-0.3, -0.25) is 0 Å². The second-order valence-electron chi connectivity index (χ2n) is 26.8. The Bertz CT molecular complexity index is 5430. The molecule has 0 bridgehead atoms. The van der Waals surface area contributed by atoms with Crippen LogP contribution in [0.15, 0.2) is 304 Å². The third-order valence-electron chi connectivity index (χ3n) is 21.5. The Balaban J connectivity index is 0.883. The number of nitrogens with zero attached hydrogens (tertiary/aromatic N) is 2. The molecule has 14 aromatic rings. The summed E-state index contributed by atoms with van der Waals surface area (Å²) in [5, 5.41) is 0. The largest absolute Gasteiger partial charge is 0.310 e. The van der Waals surface area contributed by atoms with E-state index in [1.165, 1.54) is 0 Å². The molecule has 3 aliphatic carbocycles. The van der Waals surface area contributed by atoms with Crippen molar-refractivity contribution in [3.63, 3.8) is 0 Å². The smallest absolute Gasteiger partial charge is 0.200 e. The Hall–Kier alpha value is -12.5. The molecule has 0 spiro atoms. The molecule has 12 heteroatoms. The topological polar surface area (TPSA) is 6.48 Å². The monoisotopic (exact) mass is 1390 g/mol. The number of halogens is 10. The molecule has 0 radical (unpaired) electrons. The Kier molecular flexibility index (Phi) is 15.9. The van der Waals surface area contributed by atoms with Gasteiger partial charge >= 0.3 is 0 Å². The molecule has 14 aromatic carbocycles. The van der Waals surface area contributed by atoms with Crippen LogP contribution in [0.5, 0.6) is 0 Å². The van der Waals surface area contributed by atoms with E-state index in [2.05, 4.69) is 61.7 Å². The van der Waals surface area contributed by atoms with Crippen molar-refractivity contribution in [1.82, 2.24) is 0 Å². The Morgan fingerprint density at radius 3 is 0.838 bits per heavy atom. The predicted octanol–water partition coefficient (Wildman–Crippen LogP) is 24.8. The van der Waals surface area contributed by atoms with Gasteiger partial charge in [0.05, 0.1) is 16.2 Å². The first kappa shape index (κ1) is 65.7. The number of hydrogen-bond donors (Lipinski definition) is 0. The van der Waals surface area contributed by atoms with Gasteiger partial charge in [0.25, 0.3) is 0 Å². The van der Waals surface area contributed by atoms with E-state index in [4.69, 9.17) is 0 Å². The van der Waals surface area contributed by atoms with Crippen molar-refractivity contribution in [2.75, 3.05) is 9.80 Å². The van der Waals surface area contributed by atoms with Crippen LogP contribution >= 0.6 is 0 Å². The lowest BCUT2D eigenvalue weighted by Gasteiger charge is -2.36. The van der Waals surface area contributed by atoms with Crippen molar-refractivity contribution in [2.24, 2.45) is 0 Å². The van der Waals surface area contributed by atoms with Gasteiger partial charge in [0.15, 0.2) is 46.5 Å². The first-order valence-electron chi connectivity index (χ1n) is 34.2. The molecule has 2 atom stereocenters. The molecular weight excluding hydrogens is 1340 g/mol. The van der Waals surface area contributed by atoms with E-state index in [-0.39, 0.29) is 12.8 Å². The first-order valence-corrected chi connectivity index (χ1v) is 34.2. The molecule has 510 valence electrons. The van der Waals surface area contributed by atoms with Crippen molar-refractivity contribution in [1.29, 1.82) is 0 Å². The highest BCUT2D eigenvalue weighted by atomic mass is 19.2. The second kappa shape index (κ2) is 25.5. The van der Waals surface area contributed by atoms with E-state index in [9.17, 15) is 0 Å². The highest BCUT2D eigenvalue weighted by Gasteiger charge is 2.53. The molecule has 0 N–H and O–H groups in total. The van der Waals surface area contributed by atoms with Gasteiger partial charge in [0, 0.05) is 45.3 Å². The first-order chi connectivity index (χ1) is 51.1. The van der Waals surface area contributed by atoms with Crippen molar-refractivity contribution >= 4 is 46.3 Å².